The van der Waals surface area contributed by atoms with E-state index in [2.05, 4.69) is 60.6 Å². The molecule has 2 rings (SSSR count). The number of likely N-dealkylation sites (N-methyl/N-ethyl adjacent to an activating group) is 1. The van der Waals surface area contributed by atoms with Gasteiger partial charge in [0.25, 0.3) is 0 Å². The molecule has 2 aromatic carbocycles. The molecule has 0 bridgehead atoms. The molecule has 2 aromatic rings. The maximum atomic E-state index is 12.4. The van der Waals surface area contributed by atoms with Gasteiger partial charge in [-0.05, 0) is 31.6 Å². The second-order valence-electron chi connectivity index (χ2n) is 7.37. The summed E-state index contributed by atoms with van der Waals surface area (Å²) in [6.07, 6.45) is 6.41. The van der Waals surface area contributed by atoms with Crippen LogP contribution in [0.4, 0.5) is 11.4 Å². The third-order valence-electron chi connectivity index (χ3n) is 5.34. The van der Waals surface area contributed by atoms with Crippen molar-refractivity contribution in [1.82, 2.24) is 4.90 Å². The van der Waals surface area contributed by atoms with Crippen LogP contribution in [0.5, 0.6) is 0 Å². The number of carbonyl (C=O) groups excluding carboxylic acids is 1. The molecule has 4 heteroatoms. The molecule has 0 aliphatic heterocycles. The zero-order chi connectivity index (χ0) is 20.2. The SMILES string of the molecule is CCCCCCCC(=O)Nc1ccc(NCCN(CC)CC)c2ccccc12. The summed E-state index contributed by atoms with van der Waals surface area (Å²) in [7, 11) is 0. The fourth-order valence-electron chi connectivity index (χ4n) is 3.55. The summed E-state index contributed by atoms with van der Waals surface area (Å²) in [5.41, 5.74) is 2.03. The van der Waals surface area contributed by atoms with Gasteiger partial charge in [-0.2, -0.15) is 0 Å². The number of anilines is 2. The standard InChI is InChI=1S/C24H37N3O/c1-4-7-8-9-10-15-24(28)26-23-17-16-22(20-13-11-12-14-21(20)23)25-18-19-27(5-2)6-3/h11-14,16-17,25H,4-10,15,18-19H2,1-3H3,(H,26,28). The lowest BCUT2D eigenvalue weighted by Gasteiger charge is -2.19. The Kier molecular flexibility index (Phi) is 9.84. The Balaban J connectivity index is 1.99. The highest BCUT2D eigenvalue weighted by Gasteiger charge is 2.09. The minimum absolute atomic E-state index is 0.115. The molecule has 0 aliphatic rings. The van der Waals surface area contributed by atoms with Crippen LogP contribution >= 0.6 is 0 Å². The van der Waals surface area contributed by atoms with Gasteiger partial charge in [-0.25, -0.2) is 0 Å². The van der Waals surface area contributed by atoms with Gasteiger partial charge in [0.1, 0.15) is 0 Å². The number of hydrogen-bond acceptors (Lipinski definition) is 3. The lowest BCUT2D eigenvalue weighted by Crippen LogP contribution is -2.28. The van der Waals surface area contributed by atoms with E-state index in [-0.39, 0.29) is 5.91 Å². The van der Waals surface area contributed by atoms with Gasteiger partial charge in [0.15, 0.2) is 0 Å². The van der Waals surface area contributed by atoms with E-state index < -0.39 is 0 Å². The lowest BCUT2D eigenvalue weighted by molar-refractivity contribution is -0.116. The van der Waals surface area contributed by atoms with Gasteiger partial charge < -0.3 is 15.5 Å². The summed E-state index contributed by atoms with van der Waals surface area (Å²) in [5, 5.41) is 8.94. The van der Waals surface area contributed by atoms with Crippen molar-refractivity contribution in [3.05, 3.63) is 36.4 Å². The normalized spacial score (nSPS) is 11.1. The number of rotatable bonds is 13. The second-order valence-corrected chi connectivity index (χ2v) is 7.37. The highest BCUT2D eigenvalue weighted by Crippen LogP contribution is 2.30. The molecule has 0 saturated carbocycles. The highest BCUT2D eigenvalue weighted by atomic mass is 16.1. The number of carbonyl (C=O) groups is 1. The van der Waals surface area contributed by atoms with Crippen LogP contribution in [0.3, 0.4) is 0 Å². The first-order valence-corrected chi connectivity index (χ1v) is 11.0. The maximum absolute atomic E-state index is 12.4. The molecule has 28 heavy (non-hydrogen) atoms. The van der Waals surface area contributed by atoms with Gasteiger partial charge in [0.05, 0.1) is 0 Å². The average molecular weight is 384 g/mol. The predicted molar refractivity (Wildman–Crippen MR) is 122 cm³/mol. The Morgan fingerprint density at radius 3 is 2.18 bits per heavy atom. The van der Waals surface area contributed by atoms with E-state index in [0.29, 0.717) is 6.42 Å². The van der Waals surface area contributed by atoms with Crippen molar-refractivity contribution in [2.75, 3.05) is 36.8 Å². The molecule has 0 saturated heterocycles. The smallest absolute Gasteiger partial charge is 0.224 e. The molecule has 0 heterocycles. The number of hydrogen-bond donors (Lipinski definition) is 2. The van der Waals surface area contributed by atoms with Crippen LogP contribution in [0.1, 0.15) is 59.3 Å². The molecular weight excluding hydrogens is 346 g/mol. The Bertz CT molecular complexity index is 725. The quantitative estimate of drug-likeness (QED) is 0.424. The molecule has 1 amide bonds. The Hall–Kier alpha value is -2.07. The van der Waals surface area contributed by atoms with Gasteiger partial charge in [0, 0.05) is 41.7 Å². The van der Waals surface area contributed by atoms with E-state index in [1.54, 1.807) is 0 Å². The summed E-state index contributed by atoms with van der Waals surface area (Å²) >= 11 is 0. The Labute approximate surface area is 170 Å². The second kappa shape index (κ2) is 12.4. The Morgan fingerprint density at radius 2 is 1.50 bits per heavy atom. The van der Waals surface area contributed by atoms with E-state index in [0.717, 1.165) is 61.2 Å². The first kappa shape index (κ1) is 22.2. The van der Waals surface area contributed by atoms with Gasteiger partial charge >= 0.3 is 0 Å². The molecule has 0 spiro atoms. The molecule has 0 aromatic heterocycles. The van der Waals surface area contributed by atoms with Crippen LogP contribution < -0.4 is 10.6 Å². The van der Waals surface area contributed by atoms with Crippen molar-refractivity contribution in [2.24, 2.45) is 0 Å². The molecule has 0 fully saturated rings. The molecule has 0 unspecified atom stereocenters. The van der Waals surface area contributed by atoms with Crippen LogP contribution in [0.25, 0.3) is 10.8 Å². The highest BCUT2D eigenvalue weighted by molar-refractivity contribution is 6.06. The van der Waals surface area contributed by atoms with E-state index in [9.17, 15) is 4.79 Å². The lowest BCUT2D eigenvalue weighted by atomic mass is 10.1. The van der Waals surface area contributed by atoms with Crippen molar-refractivity contribution in [2.45, 2.75) is 59.3 Å². The largest absolute Gasteiger partial charge is 0.383 e. The number of unbranched alkanes of at least 4 members (excludes halogenated alkanes) is 4. The average Bonchev–Trinajstić information content (AvgIpc) is 2.72. The molecule has 0 radical (unpaired) electrons. The Morgan fingerprint density at radius 1 is 0.857 bits per heavy atom. The zero-order valence-electron chi connectivity index (χ0n) is 17.9. The number of nitrogens with zero attached hydrogens (tertiary/aromatic N) is 1. The summed E-state index contributed by atoms with van der Waals surface area (Å²) in [5.74, 6) is 0.115. The summed E-state index contributed by atoms with van der Waals surface area (Å²) in [6.45, 7) is 10.7. The minimum atomic E-state index is 0.115. The summed E-state index contributed by atoms with van der Waals surface area (Å²) in [4.78, 5) is 14.8. The van der Waals surface area contributed by atoms with Gasteiger partial charge in [-0.15, -0.1) is 0 Å². The third kappa shape index (κ3) is 6.83. The minimum Gasteiger partial charge on any atom is -0.383 e. The molecule has 4 nitrogen and oxygen atoms in total. The first-order valence-electron chi connectivity index (χ1n) is 11.0. The van der Waals surface area contributed by atoms with Crippen molar-refractivity contribution in [3.8, 4) is 0 Å². The molecule has 154 valence electrons. The van der Waals surface area contributed by atoms with E-state index in [1.165, 1.54) is 19.3 Å². The fourth-order valence-corrected chi connectivity index (χ4v) is 3.55. The van der Waals surface area contributed by atoms with Crippen LogP contribution in [-0.4, -0.2) is 37.0 Å². The van der Waals surface area contributed by atoms with E-state index >= 15 is 0 Å². The number of fused-ring (bicyclic) bond motifs is 1. The van der Waals surface area contributed by atoms with Gasteiger partial charge in [-0.1, -0.05) is 70.7 Å². The van der Waals surface area contributed by atoms with Crippen molar-refractivity contribution in [3.63, 3.8) is 0 Å². The maximum Gasteiger partial charge on any atom is 0.224 e. The van der Waals surface area contributed by atoms with Crippen LogP contribution in [0.2, 0.25) is 0 Å². The predicted octanol–water partition coefficient (Wildman–Crippen LogP) is 5.89. The fraction of sp³-hybridized carbons (Fsp3) is 0.542. The van der Waals surface area contributed by atoms with Crippen molar-refractivity contribution in [1.29, 1.82) is 0 Å². The molecule has 2 N–H and O–H groups in total. The monoisotopic (exact) mass is 383 g/mol. The number of amides is 1. The van der Waals surface area contributed by atoms with Crippen LogP contribution in [0.15, 0.2) is 36.4 Å². The van der Waals surface area contributed by atoms with Gasteiger partial charge in [0.2, 0.25) is 5.91 Å². The molecule has 0 atom stereocenters. The first-order chi connectivity index (χ1) is 13.7. The summed E-state index contributed by atoms with van der Waals surface area (Å²) < 4.78 is 0. The number of nitrogens with one attached hydrogen (secondary N) is 2. The summed E-state index contributed by atoms with van der Waals surface area (Å²) in [6, 6.07) is 12.4. The molecular formula is C24H37N3O. The van der Waals surface area contributed by atoms with E-state index in [4.69, 9.17) is 0 Å². The topological polar surface area (TPSA) is 44.4 Å². The van der Waals surface area contributed by atoms with Crippen molar-refractivity contribution >= 4 is 28.1 Å². The van der Waals surface area contributed by atoms with Crippen LogP contribution in [-0.2, 0) is 4.79 Å². The third-order valence-corrected chi connectivity index (χ3v) is 5.34. The molecule has 0 aliphatic carbocycles. The number of benzene rings is 2. The zero-order valence-corrected chi connectivity index (χ0v) is 17.9. The van der Waals surface area contributed by atoms with E-state index in [1.807, 2.05) is 12.1 Å². The van der Waals surface area contributed by atoms with Gasteiger partial charge in [-0.3, -0.25) is 4.79 Å². The van der Waals surface area contributed by atoms with Crippen LogP contribution in [0, 0.1) is 0 Å². The van der Waals surface area contributed by atoms with Crippen molar-refractivity contribution < 1.29 is 4.79 Å².